The Morgan fingerprint density at radius 3 is 2.64 bits per heavy atom. The first-order chi connectivity index (χ1) is 12.1. The number of benzene rings is 1. The van der Waals surface area contributed by atoms with E-state index in [0.29, 0.717) is 5.92 Å². The minimum Gasteiger partial charge on any atom is -0.394 e. The molecular weight excluding hydrogens is 306 g/mol. The van der Waals surface area contributed by atoms with E-state index in [0.717, 1.165) is 19.3 Å². The average Bonchev–Trinajstić information content (AvgIpc) is 2.79. The second kappa shape index (κ2) is 10.1. The molecule has 0 saturated heterocycles. The molecule has 2 nitrogen and oxygen atoms in total. The minimum atomic E-state index is -0.503. The Bertz CT molecular complexity index is 547. The summed E-state index contributed by atoms with van der Waals surface area (Å²) in [6.07, 6.45) is 16.7. The fourth-order valence-corrected chi connectivity index (χ4v) is 3.92. The molecule has 0 amide bonds. The van der Waals surface area contributed by atoms with Crippen LogP contribution in [0.25, 0.3) is 0 Å². The maximum absolute atomic E-state index is 9.52. The fourth-order valence-electron chi connectivity index (χ4n) is 3.92. The van der Waals surface area contributed by atoms with E-state index in [4.69, 9.17) is 5.73 Å². The number of unbranched alkanes of at least 4 members (excludes halogenated alkanes) is 5. The van der Waals surface area contributed by atoms with Crippen molar-refractivity contribution < 1.29 is 5.11 Å². The smallest absolute Gasteiger partial charge is 0.0608 e. The lowest BCUT2D eigenvalue weighted by Crippen LogP contribution is -2.41. The highest BCUT2D eigenvalue weighted by Gasteiger charge is 2.25. The Labute approximate surface area is 154 Å². The molecule has 0 radical (unpaired) electrons. The summed E-state index contributed by atoms with van der Waals surface area (Å²) in [4.78, 5) is 0. The first-order valence-electron chi connectivity index (χ1n) is 10.2. The minimum absolute atomic E-state index is 0.0403. The van der Waals surface area contributed by atoms with Gasteiger partial charge in [-0.1, -0.05) is 69.4 Å². The Kier molecular flexibility index (Phi) is 8.18. The van der Waals surface area contributed by atoms with Gasteiger partial charge in [0.2, 0.25) is 0 Å². The van der Waals surface area contributed by atoms with E-state index in [1.54, 1.807) is 0 Å². The number of aryl methyl sites for hydroxylation is 1. The van der Waals surface area contributed by atoms with Crippen molar-refractivity contribution in [1.82, 2.24) is 0 Å². The molecule has 2 atom stereocenters. The molecule has 1 aliphatic carbocycles. The van der Waals surface area contributed by atoms with Crippen molar-refractivity contribution >= 4 is 0 Å². The Balaban J connectivity index is 1.97. The number of fused-ring (bicyclic) bond motifs is 1. The highest BCUT2D eigenvalue weighted by molar-refractivity contribution is 5.38. The van der Waals surface area contributed by atoms with Crippen LogP contribution in [-0.2, 0) is 12.8 Å². The van der Waals surface area contributed by atoms with Crippen molar-refractivity contribution in [2.24, 2.45) is 5.73 Å². The third kappa shape index (κ3) is 6.60. The lowest BCUT2D eigenvalue weighted by Gasteiger charge is -2.28. The molecule has 0 spiro atoms. The lowest BCUT2D eigenvalue weighted by atomic mass is 9.82. The topological polar surface area (TPSA) is 46.2 Å². The maximum Gasteiger partial charge on any atom is 0.0608 e. The van der Waals surface area contributed by atoms with Gasteiger partial charge in [-0.2, -0.15) is 0 Å². The molecule has 1 aromatic carbocycles. The molecule has 0 saturated carbocycles. The summed E-state index contributed by atoms with van der Waals surface area (Å²) in [6.45, 7) is 4.26. The quantitative estimate of drug-likeness (QED) is 0.449. The van der Waals surface area contributed by atoms with Crippen LogP contribution in [0.3, 0.4) is 0 Å². The van der Waals surface area contributed by atoms with Gasteiger partial charge in [-0.15, -0.1) is 0 Å². The molecular formula is C23H37NO. The van der Waals surface area contributed by atoms with Gasteiger partial charge in [0.25, 0.3) is 0 Å². The highest BCUT2D eigenvalue weighted by Crippen LogP contribution is 2.34. The Morgan fingerprint density at radius 1 is 1.12 bits per heavy atom. The van der Waals surface area contributed by atoms with Crippen molar-refractivity contribution in [1.29, 1.82) is 0 Å². The Hall–Kier alpha value is -1.12. The van der Waals surface area contributed by atoms with Crippen molar-refractivity contribution in [3.8, 4) is 0 Å². The molecule has 0 heterocycles. The van der Waals surface area contributed by atoms with Crippen LogP contribution in [0.1, 0.15) is 87.8 Å². The van der Waals surface area contributed by atoms with Gasteiger partial charge in [0.15, 0.2) is 0 Å². The summed E-state index contributed by atoms with van der Waals surface area (Å²) in [5, 5.41) is 9.52. The number of aliphatic hydroxyl groups is 1. The van der Waals surface area contributed by atoms with E-state index in [1.807, 2.05) is 6.92 Å². The van der Waals surface area contributed by atoms with Crippen LogP contribution >= 0.6 is 0 Å². The van der Waals surface area contributed by atoms with Gasteiger partial charge in [0.1, 0.15) is 0 Å². The van der Waals surface area contributed by atoms with E-state index in [1.165, 1.54) is 61.6 Å². The predicted molar refractivity (Wildman–Crippen MR) is 108 cm³/mol. The van der Waals surface area contributed by atoms with Crippen LogP contribution in [0.2, 0.25) is 0 Å². The second-order valence-electron chi connectivity index (χ2n) is 8.18. The molecule has 0 bridgehead atoms. The van der Waals surface area contributed by atoms with E-state index in [9.17, 15) is 5.11 Å². The molecule has 1 aromatic rings. The Morgan fingerprint density at radius 2 is 1.88 bits per heavy atom. The van der Waals surface area contributed by atoms with Crippen LogP contribution in [0.15, 0.2) is 30.4 Å². The van der Waals surface area contributed by atoms with Gasteiger partial charge < -0.3 is 10.8 Å². The van der Waals surface area contributed by atoms with Crippen molar-refractivity contribution in [2.45, 2.75) is 89.5 Å². The SMILES string of the molecule is CCCCCCCCc1ccc2c(c1)CC=CCC2CC(C)(N)CO. The molecule has 140 valence electrons. The first-order valence-corrected chi connectivity index (χ1v) is 10.2. The largest absolute Gasteiger partial charge is 0.394 e. The molecule has 2 unspecified atom stereocenters. The molecule has 3 N–H and O–H groups in total. The van der Waals surface area contributed by atoms with Gasteiger partial charge in [0, 0.05) is 5.54 Å². The van der Waals surface area contributed by atoms with Crippen molar-refractivity contribution in [2.75, 3.05) is 6.61 Å². The standard InChI is InChI=1S/C23H37NO/c1-3-4-5-6-7-8-11-19-14-15-22-20(16-19)12-9-10-13-21(22)17-23(2,24)18-25/h9-10,14-16,21,25H,3-8,11-13,17-18,24H2,1-2H3. The number of allylic oxidation sites excluding steroid dienone is 2. The van der Waals surface area contributed by atoms with E-state index in [2.05, 4.69) is 37.3 Å². The van der Waals surface area contributed by atoms with Crippen LogP contribution in [0.5, 0.6) is 0 Å². The number of rotatable bonds is 10. The van der Waals surface area contributed by atoms with Gasteiger partial charge >= 0.3 is 0 Å². The molecule has 2 rings (SSSR count). The van der Waals surface area contributed by atoms with Crippen molar-refractivity contribution in [3.05, 3.63) is 47.0 Å². The fraction of sp³-hybridized carbons (Fsp3) is 0.652. The lowest BCUT2D eigenvalue weighted by molar-refractivity contribution is 0.192. The van der Waals surface area contributed by atoms with Gasteiger partial charge in [0.05, 0.1) is 6.61 Å². The summed E-state index contributed by atoms with van der Waals surface area (Å²) >= 11 is 0. The molecule has 25 heavy (non-hydrogen) atoms. The summed E-state index contributed by atoms with van der Waals surface area (Å²) < 4.78 is 0. The molecule has 0 aromatic heterocycles. The zero-order valence-electron chi connectivity index (χ0n) is 16.3. The number of hydrogen-bond acceptors (Lipinski definition) is 2. The summed E-state index contributed by atoms with van der Waals surface area (Å²) in [6, 6.07) is 7.06. The molecule has 2 heteroatoms. The second-order valence-corrected chi connectivity index (χ2v) is 8.18. The molecule has 0 fully saturated rings. The number of nitrogens with two attached hydrogens (primary N) is 1. The average molecular weight is 344 g/mol. The zero-order valence-corrected chi connectivity index (χ0v) is 16.3. The molecule has 1 aliphatic rings. The van der Waals surface area contributed by atoms with Gasteiger partial charge in [-0.05, 0) is 61.6 Å². The normalized spacial score (nSPS) is 19.3. The van der Waals surface area contributed by atoms with E-state index >= 15 is 0 Å². The number of hydrogen-bond donors (Lipinski definition) is 2. The monoisotopic (exact) mass is 343 g/mol. The van der Waals surface area contributed by atoms with E-state index in [-0.39, 0.29) is 6.61 Å². The van der Waals surface area contributed by atoms with E-state index < -0.39 is 5.54 Å². The van der Waals surface area contributed by atoms with Crippen LogP contribution in [0.4, 0.5) is 0 Å². The van der Waals surface area contributed by atoms with Gasteiger partial charge in [-0.25, -0.2) is 0 Å². The number of aliphatic hydroxyl groups excluding tert-OH is 1. The summed E-state index contributed by atoms with van der Waals surface area (Å²) in [7, 11) is 0. The van der Waals surface area contributed by atoms with Gasteiger partial charge in [-0.3, -0.25) is 0 Å². The van der Waals surface area contributed by atoms with Crippen LogP contribution in [-0.4, -0.2) is 17.3 Å². The summed E-state index contributed by atoms with van der Waals surface area (Å²) in [5.74, 6) is 0.416. The highest BCUT2D eigenvalue weighted by atomic mass is 16.3. The third-order valence-corrected chi connectivity index (χ3v) is 5.47. The predicted octanol–water partition coefficient (Wildman–Crippen LogP) is 5.28. The van der Waals surface area contributed by atoms with Crippen LogP contribution in [0, 0.1) is 0 Å². The summed E-state index contributed by atoms with van der Waals surface area (Å²) in [5.41, 5.74) is 10.1. The maximum atomic E-state index is 9.52. The van der Waals surface area contributed by atoms with Crippen molar-refractivity contribution in [3.63, 3.8) is 0 Å². The zero-order chi connectivity index (χ0) is 18.1. The first kappa shape index (κ1) is 20.2. The molecule has 0 aliphatic heterocycles. The van der Waals surface area contributed by atoms with Crippen LogP contribution < -0.4 is 5.73 Å². The third-order valence-electron chi connectivity index (χ3n) is 5.47.